The number of nitrogens with zero attached hydrogens (tertiary/aromatic N) is 2. The first-order valence-electron chi connectivity index (χ1n) is 9.72. The molecule has 3 aromatic rings. The molecule has 9 heteroatoms. The second-order valence-electron chi connectivity index (χ2n) is 7.29. The molecular weight excluding hydrogens is 448 g/mol. The SMILES string of the molecule is Cc1ccc(N2C(=O)C(Cl)=C(Nc3ccc(C(=O)Nc4nc(C)c(C)s4)cc3)C2=O)cc1. The molecule has 0 aliphatic carbocycles. The quantitative estimate of drug-likeness (QED) is 0.529. The molecule has 1 aliphatic heterocycles. The molecule has 3 amide bonds. The van der Waals surface area contributed by atoms with Gasteiger partial charge in [0.1, 0.15) is 10.7 Å². The van der Waals surface area contributed by atoms with Gasteiger partial charge in [-0.1, -0.05) is 29.3 Å². The highest BCUT2D eigenvalue weighted by Crippen LogP contribution is 2.30. The lowest BCUT2D eigenvalue weighted by molar-refractivity contribution is -0.120. The van der Waals surface area contributed by atoms with Crippen molar-refractivity contribution in [3.63, 3.8) is 0 Å². The number of imide groups is 1. The molecule has 0 saturated carbocycles. The van der Waals surface area contributed by atoms with E-state index in [-0.39, 0.29) is 16.6 Å². The van der Waals surface area contributed by atoms with E-state index in [0.29, 0.717) is 22.1 Å². The standard InChI is InChI=1S/C23H19ClN4O3S/c1-12-4-10-17(11-5-12)28-21(30)18(24)19(22(28)31)26-16-8-6-15(7-9-16)20(29)27-23-25-13(2)14(3)32-23/h4-11,26H,1-3H3,(H,25,27,29). The maximum atomic E-state index is 12.9. The number of amides is 3. The van der Waals surface area contributed by atoms with Crippen LogP contribution in [0.2, 0.25) is 0 Å². The van der Waals surface area contributed by atoms with Crippen molar-refractivity contribution in [1.29, 1.82) is 0 Å². The van der Waals surface area contributed by atoms with E-state index in [9.17, 15) is 14.4 Å². The average Bonchev–Trinajstić information content (AvgIpc) is 3.19. The Kier molecular flexibility index (Phi) is 5.82. The molecule has 0 saturated heterocycles. The van der Waals surface area contributed by atoms with Crippen LogP contribution in [0.3, 0.4) is 0 Å². The Morgan fingerprint density at radius 1 is 0.969 bits per heavy atom. The van der Waals surface area contributed by atoms with Crippen molar-refractivity contribution in [3.8, 4) is 0 Å². The van der Waals surface area contributed by atoms with Gasteiger partial charge in [-0.2, -0.15) is 0 Å². The van der Waals surface area contributed by atoms with Crippen LogP contribution in [-0.2, 0) is 9.59 Å². The average molecular weight is 467 g/mol. The van der Waals surface area contributed by atoms with E-state index in [0.717, 1.165) is 21.0 Å². The van der Waals surface area contributed by atoms with Gasteiger partial charge in [-0.05, 0) is 57.2 Å². The van der Waals surface area contributed by atoms with E-state index >= 15 is 0 Å². The molecule has 2 aromatic carbocycles. The monoisotopic (exact) mass is 466 g/mol. The first-order chi connectivity index (χ1) is 15.2. The van der Waals surface area contributed by atoms with Crippen LogP contribution in [0.1, 0.15) is 26.5 Å². The highest BCUT2D eigenvalue weighted by Gasteiger charge is 2.38. The van der Waals surface area contributed by atoms with Gasteiger partial charge in [0.25, 0.3) is 17.7 Å². The van der Waals surface area contributed by atoms with Crippen molar-refractivity contribution < 1.29 is 14.4 Å². The molecule has 2 heterocycles. The number of anilines is 3. The van der Waals surface area contributed by atoms with Crippen LogP contribution in [0, 0.1) is 20.8 Å². The smallest absolute Gasteiger partial charge is 0.283 e. The molecule has 32 heavy (non-hydrogen) atoms. The number of aryl methyl sites for hydroxylation is 3. The molecule has 0 spiro atoms. The zero-order valence-corrected chi connectivity index (χ0v) is 19.1. The molecule has 0 bridgehead atoms. The predicted octanol–water partition coefficient (Wildman–Crippen LogP) is 4.76. The van der Waals surface area contributed by atoms with E-state index < -0.39 is 11.8 Å². The summed E-state index contributed by atoms with van der Waals surface area (Å²) in [5.41, 5.74) is 3.27. The lowest BCUT2D eigenvalue weighted by Gasteiger charge is -2.15. The molecule has 2 N–H and O–H groups in total. The molecule has 0 atom stereocenters. The van der Waals surface area contributed by atoms with Gasteiger partial charge in [-0.15, -0.1) is 11.3 Å². The number of halogens is 1. The lowest BCUT2D eigenvalue weighted by atomic mass is 10.2. The Bertz CT molecular complexity index is 1240. The first kappa shape index (κ1) is 21.7. The second kappa shape index (κ2) is 8.57. The Morgan fingerprint density at radius 2 is 1.62 bits per heavy atom. The van der Waals surface area contributed by atoms with Crippen LogP contribution in [0.5, 0.6) is 0 Å². The zero-order chi connectivity index (χ0) is 23.0. The normalized spacial score (nSPS) is 13.7. The summed E-state index contributed by atoms with van der Waals surface area (Å²) < 4.78 is 0. The van der Waals surface area contributed by atoms with Crippen LogP contribution in [0.25, 0.3) is 0 Å². The Morgan fingerprint density at radius 3 is 2.22 bits per heavy atom. The summed E-state index contributed by atoms with van der Waals surface area (Å²) in [6, 6.07) is 13.5. The third kappa shape index (κ3) is 4.15. The number of thiazole rings is 1. The van der Waals surface area contributed by atoms with Gasteiger partial charge in [-0.25, -0.2) is 9.88 Å². The fourth-order valence-corrected chi connectivity index (χ4v) is 4.11. The minimum atomic E-state index is -0.590. The molecule has 0 unspecified atom stereocenters. The van der Waals surface area contributed by atoms with Gasteiger partial charge < -0.3 is 5.32 Å². The molecule has 7 nitrogen and oxygen atoms in total. The molecule has 0 fully saturated rings. The van der Waals surface area contributed by atoms with E-state index in [1.807, 2.05) is 32.9 Å². The van der Waals surface area contributed by atoms with Crippen LogP contribution in [0.4, 0.5) is 16.5 Å². The summed E-state index contributed by atoms with van der Waals surface area (Å²) in [6.45, 7) is 5.74. The minimum Gasteiger partial charge on any atom is -0.350 e. The number of carbonyl (C=O) groups excluding carboxylic acids is 3. The fourth-order valence-electron chi connectivity index (χ4n) is 3.08. The van der Waals surface area contributed by atoms with E-state index in [1.165, 1.54) is 11.3 Å². The fraction of sp³-hybridized carbons (Fsp3) is 0.130. The van der Waals surface area contributed by atoms with Crippen LogP contribution < -0.4 is 15.5 Å². The van der Waals surface area contributed by atoms with Gasteiger partial charge >= 0.3 is 0 Å². The van der Waals surface area contributed by atoms with Crippen molar-refractivity contribution in [3.05, 3.63) is 81.0 Å². The maximum Gasteiger partial charge on any atom is 0.283 e. The van der Waals surface area contributed by atoms with Crippen LogP contribution >= 0.6 is 22.9 Å². The minimum absolute atomic E-state index is 0.0109. The molecule has 162 valence electrons. The molecule has 4 rings (SSSR count). The third-order valence-corrected chi connectivity index (χ3v) is 6.32. The van der Waals surface area contributed by atoms with Gasteiger partial charge in [0.15, 0.2) is 5.13 Å². The number of aromatic nitrogens is 1. The van der Waals surface area contributed by atoms with E-state index in [1.54, 1.807) is 36.4 Å². The van der Waals surface area contributed by atoms with Crippen molar-refractivity contribution in [2.75, 3.05) is 15.5 Å². The van der Waals surface area contributed by atoms with Crippen LogP contribution in [-0.4, -0.2) is 22.7 Å². The van der Waals surface area contributed by atoms with Gasteiger partial charge in [0.2, 0.25) is 0 Å². The van der Waals surface area contributed by atoms with Crippen LogP contribution in [0.15, 0.2) is 59.3 Å². The lowest BCUT2D eigenvalue weighted by Crippen LogP contribution is -2.32. The van der Waals surface area contributed by atoms with Crippen molar-refractivity contribution in [1.82, 2.24) is 4.98 Å². The van der Waals surface area contributed by atoms with Crippen molar-refractivity contribution in [2.45, 2.75) is 20.8 Å². The summed E-state index contributed by atoms with van der Waals surface area (Å²) in [7, 11) is 0. The van der Waals surface area contributed by atoms with E-state index in [4.69, 9.17) is 11.6 Å². The van der Waals surface area contributed by atoms with Crippen molar-refractivity contribution in [2.24, 2.45) is 0 Å². The summed E-state index contributed by atoms with van der Waals surface area (Å²) in [5, 5.41) is 6.02. The topological polar surface area (TPSA) is 91.4 Å². The zero-order valence-electron chi connectivity index (χ0n) is 17.5. The highest BCUT2D eigenvalue weighted by molar-refractivity contribution is 7.15. The second-order valence-corrected chi connectivity index (χ2v) is 8.87. The van der Waals surface area contributed by atoms with Gasteiger partial charge in [-0.3, -0.25) is 19.7 Å². The van der Waals surface area contributed by atoms with Crippen molar-refractivity contribution >= 4 is 57.2 Å². The largest absolute Gasteiger partial charge is 0.350 e. The molecular formula is C23H19ClN4O3S. The number of rotatable bonds is 5. The number of benzene rings is 2. The summed E-state index contributed by atoms with van der Waals surface area (Å²) in [6.07, 6.45) is 0. The first-order valence-corrected chi connectivity index (χ1v) is 10.9. The summed E-state index contributed by atoms with van der Waals surface area (Å²) in [5.74, 6) is -1.42. The van der Waals surface area contributed by atoms with E-state index in [2.05, 4.69) is 15.6 Å². The number of nitrogens with one attached hydrogen (secondary N) is 2. The number of carbonyl (C=O) groups is 3. The van der Waals surface area contributed by atoms with Gasteiger partial charge in [0, 0.05) is 16.1 Å². The summed E-state index contributed by atoms with van der Waals surface area (Å²) >= 11 is 7.58. The molecule has 1 aromatic heterocycles. The molecule has 1 aliphatic rings. The summed E-state index contributed by atoms with van der Waals surface area (Å²) in [4.78, 5) is 44.3. The van der Waals surface area contributed by atoms with Gasteiger partial charge in [0.05, 0.1) is 11.4 Å². The maximum absolute atomic E-state index is 12.9. The number of hydrogen-bond acceptors (Lipinski definition) is 6. The molecule has 0 radical (unpaired) electrons. The Labute approximate surface area is 193 Å². The number of hydrogen-bond donors (Lipinski definition) is 2. The third-order valence-electron chi connectivity index (χ3n) is 4.98. The predicted molar refractivity (Wildman–Crippen MR) is 126 cm³/mol. The Hall–Kier alpha value is -3.49. The Balaban J connectivity index is 1.48. The highest BCUT2D eigenvalue weighted by atomic mass is 35.5.